The molecule has 2 aromatic heterocycles. The summed E-state index contributed by atoms with van der Waals surface area (Å²) in [5.41, 5.74) is 3.14. The number of aromatic amines is 1. The van der Waals surface area contributed by atoms with Gasteiger partial charge in [-0.25, -0.2) is 4.79 Å². The van der Waals surface area contributed by atoms with E-state index in [1.165, 1.54) is 0 Å². The van der Waals surface area contributed by atoms with E-state index in [9.17, 15) is 14.7 Å². The third kappa shape index (κ3) is 3.53. The molecule has 4 rings (SSSR count). The van der Waals surface area contributed by atoms with E-state index in [4.69, 9.17) is 0 Å². The van der Waals surface area contributed by atoms with Crippen LogP contribution in [0.1, 0.15) is 15.9 Å². The van der Waals surface area contributed by atoms with Crippen LogP contribution in [0.5, 0.6) is 0 Å². The number of carbonyl (C=O) groups excluding carboxylic acids is 1. The molecule has 4 aromatic rings. The molecular weight excluding hydrogens is 354 g/mol. The van der Waals surface area contributed by atoms with Gasteiger partial charge in [-0.15, -0.1) is 0 Å². The number of nitrogens with zero attached hydrogens (tertiary/aromatic N) is 1. The van der Waals surface area contributed by atoms with Crippen molar-refractivity contribution < 1.29 is 14.7 Å². The number of nitrogens with one attached hydrogen (secondary N) is 2. The number of hydrogen-bond donors (Lipinski definition) is 3. The SMILES string of the molecule is O=C(N[C@H](Cc1c[nH]c2ccccc12)C(=O)O)c1ccc(-n2cccc2)cc1. The fourth-order valence-electron chi connectivity index (χ4n) is 3.25. The number of carboxylic acids is 1. The summed E-state index contributed by atoms with van der Waals surface area (Å²) in [5, 5.41) is 13.2. The summed E-state index contributed by atoms with van der Waals surface area (Å²) >= 11 is 0. The van der Waals surface area contributed by atoms with Crippen LogP contribution in [-0.4, -0.2) is 32.6 Å². The number of fused-ring (bicyclic) bond motifs is 1. The first-order chi connectivity index (χ1) is 13.6. The van der Waals surface area contributed by atoms with Gasteiger partial charge in [-0.3, -0.25) is 4.79 Å². The molecule has 0 unspecified atom stereocenters. The van der Waals surface area contributed by atoms with Crippen molar-refractivity contribution in [2.45, 2.75) is 12.5 Å². The second kappa shape index (κ2) is 7.44. The molecule has 0 bridgehead atoms. The normalized spacial score (nSPS) is 12.0. The predicted octanol–water partition coefficient (Wildman–Crippen LogP) is 3.38. The van der Waals surface area contributed by atoms with Crippen molar-refractivity contribution >= 4 is 22.8 Å². The Hall–Kier alpha value is -3.80. The minimum atomic E-state index is -1.07. The Bertz CT molecular complexity index is 1110. The average molecular weight is 373 g/mol. The van der Waals surface area contributed by atoms with Crippen LogP contribution in [0.2, 0.25) is 0 Å². The lowest BCUT2D eigenvalue weighted by Crippen LogP contribution is -2.42. The molecule has 0 spiro atoms. The summed E-state index contributed by atoms with van der Waals surface area (Å²) < 4.78 is 1.93. The summed E-state index contributed by atoms with van der Waals surface area (Å²) in [6.45, 7) is 0. The van der Waals surface area contributed by atoms with E-state index in [0.29, 0.717) is 5.56 Å². The number of amides is 1. The Morgan fingerprint density at radius 2 is 1.71 bits per heavy atom. The first-order valence-corrected chi connectivity index (χ1v) is 8.94. The van der Waals surface area contributed by atoms with Gasteiger partial charge in [0.25, 0.3) is 5.91 Å². The molecule has 0 fully saturated rings. The quantitative estimate of drug-likeness (QED) is 0.484. The van der Waals surface area contributed by atoms with Crippen molar-refractivity contribution in [1.29, 1.82) is 0 Å². The third-order valence-corrected chi connectivity index (χ3v) is 4.73. The number of benzene rings is 2. The molecule has 6 nitrogen and oxygen atoms in total. The molecule has 0 aliphatic rings. The van der Waals surface area contributed by atoms with Crippen LogP contribution in [0.4, 0.5) is 0 Å². The number of aromatic nitrogens is 2. The summed E-state index contributed by atoms with van der Waals surface area (Å²) in [5.74, 6) is -1.48. The highest BCUT2D eigenvalue weighted by molar-refractivity contribution is 5.97. The van der Waals surface area contributed by atoms with E-state index in [0.717, 1.165) is 22.2 Å². The standard InChI is InChI=1S/C22H19N3O3/c26-21(15-7-9-17(10-8-15)25-11-3-4-12-25)24-20(22(27)28)13-16-14-23-19-6-2-1-5-18(16)19/h1-12,14,20,23H,13H2,(H,24,26)(H,27,28)/t20-/m1/s1. The van der Waals surface area contributed by atoms with Crippen LogP contribution in [0.3, 0.4) is 0 Å². The minimum Gasteiger partial charge on any atom is -0.480 e. The van der Waals surface area contributed by atoms with Crippen molar-refractivity contribution in [3.8, 4) is 5.69 Å². The molecule has 2 heterocycles. The maximum atomic E-state index is 12.6. The number of carboxylic acid groups (broad SMARTS) is 1. The van der Waals surface area contributed by atoms with Crippen molar-refractivity contribution in [3.63, 3.8) is 0 Å². The Morgan fingerprint density at radius 1 is 1.00 bits per heavy atom. The van der Waals surface area contributed by atoms with E-state index >= 15 is 0 Å². The Labute approximate surface area is 161 Å². The highest BCUT2D eigenvalue weighted by atomic mass is 16.4. The van der Waals surface area contributed by atoms with Gasteiger partial charge in [0.15, 0.2) is 0 Å². The molecule has 28 heavy (non-hydrogen) atoms. The van der Waals surface area contributed by atoms with Crippen molar-refractivity contribution in [3.05, 3.63) is 90.4 Å². The largest absolute Gasteiger partial charge is 0.480 e. The minimum absolute atomic E-state index is 0.201. The fraction of sp³-hybridized carbons (Fsp3) is 0.0909. The maximum absolute atomic E-state index is 12.6. The van der Waals surface area contributed by atoms with Crippen LogP contribution in [0, 0.1) is 0 Å². The fourth-order valence-corrected chi connectivity index (χ4v) is 3.25. The molecule has 1 atom stereocenters. The molecule has 0 aliphatic carbocycles. The lowest BCUT2D eigenvalue weighted by Gasteiger charge is -2.14. The number of rotatable bonds is 6. The highest BCUT2D eigenvalue weighted by Crippen LogP contribution is 2.19. The molecule has 140 valence electrons. The summed E-state index contributed by atoms with van der Waals surface area (Å²) in [4.78, 5) is 27.4. The number of H-pyrrole nitrogens is 1. The lowest BCUT2D eigenvalue weighted by atomic mass is 10.0. The van der Waals surface area contributed by atoms with Crippen LogP contribution in [0.15, 0.2) is 79.3 Å². The molecule has 0 saturated heterocycles. The Balaban J connectivity index is 1.50. The number of aliphatic carboxylic acids is 1. The van der Waals surface area contributed by atoms with Gasteiger partial charge >= 0.3 is 5.97 Å². The molecule has 6 heteroatoms. The Kier molecular flexibility index (Phi) is 4.68. The van der Waals surface area contributed by atoms with Gasteiger partial charge < -0.3 is 20.0 Å². The third-order valence-electron chi connectivity index (χ3n) is 4.73. The monoisotopic (exact) mass is 373 g/mol. The first-order valence-electron chi connectivity index (χ1n) is 8.94. The van der Waals surface area contributed by atoms with Gasteiger partial charge in [0.05, 0.1) is 0 Å². The van der Waals surface area contributed by atoms with Crippen LogP contribution < -0.4 is 5.32 Å². The zero-order valence-corrected chi connectivity index (χ0v) is 15.0. The topological polar surface area (TPSA) is 87.1 Å². The maximum Gasteiger partial charge on any atom is 0.326 e. The smallest absolute Gasteiger partial charge is 0.326 e. The van der Waals surface area contributed by atoms with Gasteiger partial charge in [-0.1, -0.05) is 18.2 Å². The molecule has 0 radical (unpaired) electrons. The van der Waals surface area contributed by atoms with Crippen LogP contribution >= 0.6 is 0 Å². The van der Waals surface area contributed by atoms with Crippen LogP contribution in [0.25, 0.3) is 16.6 Å². The summed E-state index contributed by atoms with van der Waals surface area (Å²) in [6.07, 6.45) is 5.82. The molecule has 1 amide bonds. The molecule has 0 saturated carbocycles. The second-order valence-corrected chi connectivity index (χ2v) is 6.57. The van der Waals surface area contributed by atoms with Crippen molar-refractivity contribution in [2.24, 2.45) is 0 Å². The number of carbonyl (C=O) groups is 2. The van der Waals surface area contributed by atoms with Crippen LogP contribution in [-0.2, 0) is 11.2 Å². The average Bonchev–Trinajstić information content (AvgIpc) is 3.38. The van der Waals surface area contributed by atoms with E-state index in [-0.39, 0.29) is 6.42 Å². The van der Waals surface area contributed by atoms with Crippen molar-refractivity contribution in [2.75, 3.05) is 0 Å². The van der Waals surface area contributed by atoms with Gasteiger partial charge in [0.2, 0.25) is 0 Å². The van der Waals surface area contributed by atoms with Gasteiger partial charge in [-0.05, 0) is 48.0 Å². The molecule has 0 aliphatic heterocycles. The van der Waals surface area contributed by atoms with Crippen molar-refractivity contribution in [1.82, 2.24) is 14.9 Å². The first kappa shape index (κ1) is 17.6. The molecule has 2 aromatic carbocycles. The van der Waals surface area contributed by atoms with E-state index in [2.05, 4.69) is 10.3 Å². The summed E-state index contributed by atoms with van der Waals surface area (Å²) in [6, 6.07) is 17.5. The predicted molar refractivity (Wildman–Crippen MR) is 107 cm³/mol. The van der Waals surface area contributed by atoms with Gasteiger partial charge in [-0.2, -0.15) is 0 Å². The summed E-state index contributed by atoms with van der Waals surface area (Å²) in [7, 11) is 0. The zero-order chi connectivity index (χ0) is 19.5. The van der Waals surface area contributed by atoms with Gasteiger partial charge in [0.1, 0.15) is 6.04 Å². The zero-order valence-electron chi connectivity index (χ0n) is 15.0. The Morgan fingerprint density at radius 3 is 2.43 bits per heavy atom. The van der Waals surface area contributed by atoms with E-state index in [1.807, 2.05) is 65.5 Å². The number of hydrogen-bond acceptors (Lipinski definition) is 2. The lowest BCUT2D eigenvalue weighted by molar-refractivity contribution is -0.139. The second-order valence-electron chi connectivity index (χ2n) is 6.57. The van der Waals surface area contributed by atoms with E-state index < -0.39 is 17.9 Å². The molecular formula is C22H19N3O3. The highest BCUT2D eigenvalue weighted by Gasteiger charge is 2.22. The number of para-hydroxylation sites is 1. The van der Waals surface area contributed by atoms with Gasteiger partial charge in [0, 0.05) is 47.2 Å². The molecule has 3 N–H and O–H groups in total. The van der Waals surface area contributed by atoms with E-state index in [1.54, 1.807) is 18.3 Å².